The summed E-state index contributed by atoms with van der Waals surface area (Å²) < 4.78 is 16.7. The van der Waals surface area contributed by atoms with E-state index in [2.05, 4.69) is 0 Å². The minimum atomic E-state index is -1.02. The van der Waals surface area contributed by atoms with Gasteiger partial charge in [0, 0.05) is 10.6 Å². The smallest absolute Gasteiger partial charge is 0.266 e. The van der Waals surface area contributed by atoms with Crippen molar-refractivity contribution in [1.82, 2.24) is 0 Å². The molecule has 0 unspecified atom stereocenters. The summed E-state index contributed by atoms with van der Waals surface area (Å²) in [5.41, 5.74) is 1.71. The fourth-order valence-electron chi connectivity index (χ4n) is 4.76. The molecule has 3 aromatic rings. The number of fused-ring (bicyclic) bond motifs is 1. The number of halogens is 1. The number of imide groups is 1. The third-order valence-corrected chi connectivity index (χ3v) is 6.48. The molecule has 0 spiro atoms. The summed E-state index contributed by atoms with van der Waals surface area (Å²) >= 11 is 6.14. The Kier molecular flexibility index (Phi) is 6.00. The van der Waals surface area contributed by atoms with Crippen molar-refractivity contribution in [3.63, 3.8) is 0 Å². The monoisotopic (exact) mass is 494 g/mol. The van der Waals surface area contributed by atoms with Gasteiger partial charge in [-0.2, -0.15) is 0 Å². The lowest BCUT2D eigenvalue weighted by atomic mass is 9.89. The molecule has 0 radical (unpaired) electrons. The molecule has 2 aliphatic heterocycles. The summed E-state index contributed by atoms with van der Waals surface area (Å²) in [5, 5.41) is 2.02. The third kappa shape index (κ3) is 3.66. The predicted octanol–water partition coefficient (Wildman–Crippen LogP) is 4.42. The minimum Gasteiger partial charge on any atom is -0.493 e. The number of carbonyl (C=O) groups excluding carboxylic acids is 2. The Bertz CT molecular complexity index is 1280. The first kappa shape index (κ1) is 23.0. The minimum absolute atomic E-state index is 0.382. The van der Waals surface area contributed by atoms with Crippen molar-refractivity contribution in [1.29, 1.82) is 0 Å². The SMILES string of the molecule is COc1ccc([C@H]2[C@H]3C(=O)N(c4cccc(Cl)c4)C(=O)[C@@H]3ON2c2ccccc2)c(OC)c1OC. The number of hydrogen-bond acceptors (Lipinski definition) is 7. The summed E-state index contributed by atoms with van der Waals surface area (Å²) in [6, 6.07) is 18.8. The average Bonchev–Trinajstić information content (AvgIpc) is 3.39. The van der Waals surface area contributed by atoms with Crippen LogP contribution in [-0.2, 0) is 14.4 Å². The Morgan fingerprint density at radius 2 is 1.51 bits per heavy atom. The Morgan fingerprint density at radius 3 is 2.17 bits per heavy atom. The average molecular weight is 495 g/mol. The molecule has 0 aromatic heterocycles. The van der Waals surface area contributed by atoms with Gasteiger partial charge >= 0.3 is 0 Å². The van der Waals surface area contributed by atoms with Crippen LogP contribution < -0.4 is 24.2 Å². The van der Waals surface area contributed by atoms with Crippen molar-refractivity contribution in [3.05, 3.63) is 77.3 Å². The second-order valence-corrected chi connectivity index (χ2v) is 8.51. The highest BCUT2D eigenvalue weighted by atomic mass is 35.5. The van der Waals surface area contributed by atoms with Crippen molar-refractivity contribution in [2.24, 2.45) is 5.92 Å². The van der Waals surface area contributed by atoms with E-state index in [0.717, 1.165) is 4.90 Å². The number of hydroxylamine groups is 1. The molecule has 2 fully saturated rings. The zero-order valence-corrected chi connectivity index (χ0v) is 20.1. The fraction of sp³-hybridized carbons (Fsp3) is 0.231. The first-order valence-electron chi connectivity index (χ1n) is 10.9. The van der Waals surface area contributed by atoms with Gasteiger partial charge in [0.2, 0.25) is 11.7 Å². The molecule has 2 saturated heterocycles. The van der Waals surface area contributed by atoms with Gasteiger partial charge in [-0.05, 0) is 42.5 Å². The first-order valence-corrected chi connectivity index (χ1v) is 11.3. The number of hydrogen-bond donors (Lipinski definition) is 0. The number of para-hydroxylation sites is 1. The van der Waals surface area contributed by atoms with E-state index in [1.807, 2.05) is 30.3 Å². The van der Waals surface area contributed by atoms with Crippen LogP contribution in [-0.4, -0.2) is 39.2 Å². The van der Waals surface area contributed by atoms with Crippen LogP contribution in [0.1, 0.15) is 11.6 Å². The van der Waals surface area contributed by atoms with Crippen molar-refractivity contribution in [2.45, 2.75) is 12.1 Å². The molecule has 0 N–H and O–H groups in total. The fourth-order valence-corrected chi connectivity index (χ4v) is 4.94. The Balaban J connectivity index is 1.66. The summed E-state index contributed by atoms with van der Waals surface area (Å²) in [7, 11) is 4.56. The van der Waals surface area contributed by atoms with Gasteiger partial charge in [-0.1, -0.05) is 35.9 Å². The second kappa shape index (κ2) is 9.13. The van der Waals surface area contributed by atoms with E-state index < -0.39 is 24.0 Å². The molecular formula is C26H23ClN2O6. The number of amides is 2. The largest absolute Gasteiger partial charge is 0.493 e. The number of anilines is 2. The highest BCUT2D eigenvalue weighted by Crippen LogP contribution is 2.52. The number of ether oxygens (including phenoxy) is 3. The maximum Gasteiger partial charge on any atom is 0.266 e. The molecule has 3 atom stereocenters. The highest BCUT2D eigenvalue weighted by Gasteiger charge is 2.61. The summed E-state index contributed by atoms with van der Waals surface area (Å²) in [4.78, 5) is 34.6. The molecule has 0 aliphatic carbocycles. The molecule has 0 bridgehead atoms. The molecule has 2 aliphatic rings. The molecular weight excluding hydrogens is 472 g/mol. The van der Waals surface area contributed by atoms with Crippen LogP contribution in [0.2, 0.25) is 5.02 Å². The number of nitrogens with zero attached hydrogens (tertiary/aromatic N) is 2. The van der Waals surface area contributed by atoms with Gasteiger partial charge in [0.05, 0.1) is 32.7 Å². The zero-order valence-electron chi connectivity index (χ0n) is 19.3. The van der Waals surface area contributed by atoms with E-state index in [1.165, 1.54) is 21.3 Å². The quantitative estimate of drug-likeness (QED) is 0.469. The van der Waals surface area contributed by atoms with Crippen LogP contribution in [0.15, 0.2) is 66.7 Å². The molecule has 2 amide bonds. The molecule has 0 saturated carbocycles. The molecule has 35 heavy (non-hydrogen) atoms. The standard InChI is InChI=1S/C26H23ClN2O6/c1-32-19-13-12-18(22(33-2)23(19)34-3)21-20-24(35-29(21)16-9-5-4-6-10-16)26(31)28(25(20)30)17-11-7-8-15(27)14-17/h4-14,20-21,24H,1-3H3/t20-,21+,24-/m1/s1. The number of methoxy groups -OCH3 is 3. The lowest BCUT2D eigenvalue weighted by Gasteiger charge is -2.30. The van der Waals surface area contributed by atoms with E-state index in [-0.39, 0.29) is 5.91 Å². The van der Waals surface area contributed by atoms with Gasteiger partial charge in [0.25, 0.3) is 5.91 Å². The maximum atomic E-state index is 13.8. The zero-order chi connectivity index (χ0) is 24.7. The van der Waals surface area contributed by atoms with E-state index in [0.29, 0.717) is 39.2 Å². The van der Waals surface area contributed by atoms with Crippen molar-refractivity contribution in [3.8, 4) is 17.2 Å². The van der Waals surface area contributed by atoms with Gasteiger partial charge in [-0.3, -0.25) is 14.4 Å². The van der Waals surface area contributed by atoms with Gasteiger partial charge in [0.15, 0.2) is 17.6 Å². The second-order valence-electron chi connectivity index (χ2n) is 8.07. The summed E-state index contributed by atoms with van der Waals surface area (Å²) in [5.74, 6) is -0.429. The van der Waals surface area contributed by atoms with Crippen LogP contribution in [0, 0.1) is 5.92 Å². The van der Waals surface area contributed by atoms with Gasteiger partial charge in [0.1, 0.15) is 12.0 Å². The van der Waals surface area contributed by atoms with Gasteiger partial charge < -0.3 is 14.2 Å². The van der Waals surface area contributed by atoms with Crippen LogP contribution in [0.5, 0.6) is 17.2 Å². The molecule has 5 rings (SSSR count). The molecule has 8 nitrogen and oxygen atoms in total. The van der Waals surface area contributed by atoms with Crippen LogP contribution in [0.3, 0.4) is 0 Å². The molecule has 3 aromatic carbocycles. The van der Waals surface area contributed by atoms with Crippen molar-refractivity contribution < 1.29 is 28.6 Å². The lowest BCUT2D eigenvalue weighted by molar-refractivity contribution is -0.126. The van der Waals surface area contributed by atoms with E-state index in [9.17, 15) is 9.59 Å². The maximum absolute atomic E-state index is 13.8. The number of carbonyl (C=O) groups is 2. The normalized spacial score (nSPS) is 21.3. The lowest BCUT2D eigenvalue weighted by Crippen LogP contribution is -2.37. The molecule has 2 heterocycles. The number of rotatable bonds is 6. The van der Waals surface area contributed by atoms with Gasteiger partial charge in [-0.15, -0.1) is 0 Å². The van der Waals surface area contributed by atoms with E-state index in [1.54, 1.807) is 41.5 Å². The first-order chi connectivity index (χ1) is 17.0. The predicted molar refractivity (Wildman–Crippen MR) is 130 cm³/mol. The Labute approximate surface area is 207 Å². The third-order valence-electron chi connectivity index (χ3n) is 6.25. The summed E-state index contributed by atoms with van der Waals surface area (Å²) in [6.45, 7) is 0. The number of benzene rings is 3. The van der Waals surface area contributed by atoms with Crippen LogP contribution >= 0.6 is 11.6 Å². The topological polar surface area (TPSA) is 77.5 Å². The van der Waals surface area contributed by atoms with Crippen LogP contribution in [0.4, 0.5) is 11.4 Å². The highest BCUT2D eigenvalue weighted by molar-refractivity contribution is 6.31. The van der Waals surface area contributed by atoms with Gasteiger partial charge in [-0.25, -0.2) is 9.96 Å². The molecule has 180 valence electrons. The van der Waals surface area contributed by atoms with E-state index in [4.69, 9.17) is 30.6 Å². The Morgan fingerprint density at radius 1 is 0.800 bits per heavy atom. The van der Waals surface area contributed by atoms with Crippen LogP contribution in [0.25, 0.3) is 0 Å². The Hall–Kier alpha value is -3.75. The molecule has 9 heteroatoms. The van der Waals surface area contributed by atoms with Crippen molar-refractivity contribution in [2.75, 3.05) is 31.3 Å². The van der Waals surface area contributed by atoms with E-state index >= 15 is 0 Å². The summed E-state index contributed by atoms with van der Waals surface area (Å²) in [6.07, 6.45) is -1.02. The van der Waals surface area contributed by atoms with Crippen molar-refractivity contribution >= 4 is 34.8 Å².